The van der Waals surface area contributed by atoms with E-state index in [1.807, 2.05) is 13.8 Å². The Morgan fingerprint density at radius 3 is 2.57 bits per heavy atom. The molecule has 0 spiro atoms. The maximum absolute atomic E-state index is 8.97. The summed E-state index contributed by atoms with van der Waals surface area (Å²) in [5, 5.41) is 8.97. The van der Waals surface area contributed by atoms with Crippen LogP contribution in [0.15, 0.2) is 6.20 Å². The summed E-state index contributed by atoms with van der Waals surface area (Å²) in [6.45, 7) is 3.75. The second kappa shape index (κ2) is 3.26. The molecule has 2 rings (SSSR count). The largest absolute Gasteiger partial charge is 0.390 e. The molecule has 2 aromatic heterocycles. The van der Waals surface area contributed by atoms with Crippen molar-refractivity contribution in [1.29, 1.82) is 0 Å². The Labute approximate surface area is 81.2 Å². The van der Waals surface area contributed by atoms with Crippen molar-refractivity contribution in [1.82, 2.24) is 19.9 Å². The first-order valence-electron chi connectivity index (χ1n) is 4.39. The zero-order chi connectivity index (χ0) is 10.1. The molecule has 0 amide bonds. The van der Waals surface area contributed by atoms with Gasteiger partial charge in [-0.2, -0.15) is 0 Å². The van der Waals surface area contributed by atoms with Gasteiger partial charge in [-0.1, -0.05) is 0 Å². The fraction of sp³-hybridized carbons (Fsp3) is 0.333. The summed E-state index contributed by atoms with van der Waals surface area (Å²) in [6, 6.07) is 0. The molecule has 5 nitrogen and oxygen atoms in total. The molecule has 0 aliphatic heterocycles. The van der Waals surface area contributed by atoms with Gasteiger partial charge < -0.3 is 15.1 Å². The molecule has 0 fully saturated rings. The lowest BCUT2D eigenvalue weighted by atomic mass is 10.4. The molecule has 3 N–H and O–H groups in total. The Morgan fingerprint density at radius 2 is 2.07 bits per heavy atom. The first-order chi connectivity index (χ1) is 6.70. The van der Waals surface area contributed by atoms with Crippen molar-refractivity contribution in [2.75, 3.05) is 0 Å². The summed E-state index contributed by atoms with van der Waals surface area (Å²) in [7, 11) is 0. The molecule has 0 atom stereocenters. The smallest absolute Gasteiger partial charge is 0.174 e. The van der Waals surface area contributed by atoms with Crippen LogP contribution in [-0.4, -0.2) is 25.0 Å². The molecule has 0 radical (unpaired) electrons. The number of nitrogens with zero attached hydrogens (tertiary/aromatic N) is 2. The molecule has 14 heavy (non-hydrogen) atoms. The first-order valence-corrected chi connectivity index (χ1v) is 4.39. The van der Waals surface area contributed by atoms with Crippen LogP contribution in [0.1, 0.15) is 17.1 Å². The van der Waals surface area contributed by atoms with E-state index in [9.17, 15) is 0 Å². The van der Waals surface area contributed by atoms with Crippen LogP contribution in [0.5, 0.6) is 0 Å². The summed E-state index contributed by atoms with van der Waals surface area (Å²) in [6.07, 6.45) is 1.74. The Hall–Kier alpha value is -1.62. The highest BCUT2D eigenvalue weighted by molar-refractivity contribution is 5.45. The third-order valence-corrected chi connectivity index (χ3v) is 2.06. The van der Waals surface area contributed by atoms with Crippen LogP contribution in [0.4, 0.5) is 0 Å². The number of rotatable bonds is 2. The van der Waals surface area contributed by atoms with Crippen molar-refractivity contribution in [3.63, 3.8) is 0 Å². The highest BCUT2D eigenvalue weighted by Gasteiger charge is 2.09. The molecule has 0 aliphatic rings. The molecule has 0 aliphatic carbocycles. The third-order valence-electron chi connectivity index (χ3n) is 2.06. The van der Waals surface area contributed by atoms with E-state index in [-0.39, 0.29) is 6.61 Å². The first kappa shape index (κ1) is 8.96. The van der Waals surface area contributed by atoms with Crippen molar-refractivity contribution < 1.29 is 5.11 Å². The van der Waals surface area contributed by atoms with Gasteiger partial charge in [0.1, 0.15) is 0 Å². The molecule has 2 aromatic rings. The lowest BCUT2D eigenvalue weighted by Gasteiger charge is -1.87. The molecule has 0 saturated heterocycles. The van der Waals surface area contributed by atoms with Gasteiger partial charge in [-0.3, -0.25) is 0 Å². The van der Waals surface area contributed by atoms with Crippen molar-refractivity contribution >= 4 is 0 Å². The number of H-pyrrole nitrogens is 2. The minimum Gasteiger partial charge on any atom is -0.390 e. The van der Waals surface area contributed by atoms with Gasteiger partial charge in [-0.25, -0.2) is 9.97 Å². The fourth-order valence-corrected chi connectivity index (χ4v) is 1.30. The average molecular weight is 192 g/mol. The van der Waals surface area contributed by atoms with Crippen LogP contribution in [0.2, 0.25) is 0 Å². The van der Waals surface area contributed by atoms with E-state index in [0.29, 0.717) is 17.3 Å². The van der Waals surface area contributed by atoms with Crippen LogP contribution >= 0.6 is 0 Å². The summed E-state index contributed by atoms with van der Waals surface area (Å²) < 4.78 is 0. The molecule has 0 saturated carbocycles. The standard InChI is InChI=1S/C9H12N4O/c1-5-3-10-8(11-5)9-12-6(2)7(4-14)13-9/h3,14H,4H2,1-2H3,(H,10,11)(H,12,13). The predicted molar refractivity (Wildman–Crippen MR) is 51.6 cm³/mol. The molecule has 74 valence electrons. The van der Waals surface area contributed by atoms with Gasteiger partial charge >= 0.3 is 0 Å². The van der Waals surface area contributed by atoms with Gasteiger partial charge in [0.05, 0.1) is 12.3 Å². The summed E-state index contributed by atoms with van der Waals surface area (Å²) in [5.74, 6) is 1.37. The van der Waals surface area contributed by atoms with Crippen molar-refractivity contribution in [3.05, 3.63) is 23.3 Å². The second-order valence-corrected chi connectivity index (χ2v) is 3.23. The van der Waals surface area contributed by atoms with Gasteiger partial charge in [-0.05, 0) is 13.8 Å². The summed E-state index contributed by atoms with van der Waals surface area (Å²) in [5.41, 5.74) is 2.52. The van der Waals surface area contributed by atoms with Crippen LogP contribution in [0.25, 0.3) is 11.6 Å². The van der Waals surface area contributed by atoms with E-state index >= 15 is 0 Å². The van der Waals surface area contributed by atoms with Crippen molar-refractivity contribution in [3.8, 4) is 11.6 Å². The minimum absolute atomic E-state index is 0.0535. The maximum atomic E-state index is 8.97. The summed E-state index contributed by atoms with van der Waals surface area (Å²) in [4.78, 5) is 14.5. The zero-order valence-electron chi connectivity index (χ0n) is 8.13. The summed E-state index contributed by atoms with van der Waals surface area (Å²) >= 11 is 0. The highest BCUT2D eigenvalue weighted by atomic mass is 16.3. The SMILES string of the molecule is Cc1cnc(-c2nc(CO)c(C)[nH]2)[nH]1. The number of aromatic amines is 2. The van der Waals surface area contributed by atoms with E-state index in [1.54, 1.807) is 6.20 Å². The minimum atomic E-state index is -0.0535. The van der Waals surface area contributed by atoms with Gasteiger partial charge in [0.2, 0.25) is 0 Å². The third kappa shape index (κ3) is 1.42. The van der Waals surface area contributed by atoms with E-state index in [0.717, 1.165) is 11.4 Å². The van der Waals surface area contributed by atoms with Gasteiger partial charge in [0, 0.05) is 17.6 Å². The normalized spacial score (nSPS) is 10.8. The Kier molecular flexibility index (Phi) is 2.09. The number of nitrogens with one attached hydrogen (secondary N) is 2. The molecule has 0 unspecified atom stereocenters. The number of aryl methyl sites for hydroxylation is 2. The second-order valence-electron chi connectivity index (χ2n) is 3.23. The van der Waals surface area contributed by atoms with Crippen LogP contribution in [0.3, 0.4) is 0 Å². The number of hydrogen-bond acceptors (Lipinski definition) is 3. The quantitative estimate of drug-likeness (QED) is 0.661. The Bertz CT molecular complexity index is 443. The van der Waals surface area contributed by atoms with E-state index in [4.69, 9.17) is 5.11 Å². The Balaban J connectivity index is 2.42. The van der Waals surface area contributed by atoms with Gasteiger partial charge in [0.15, 0.2) is 11.6 Å². The molecular weight excluding hydrogens is 180 g/mol. The molecule has 0 aromatic carbocycles. The molecule has 5 heteroatoms. The number of aliphatic hydroxyl groups is 1. The predicted octanol–water partition coefficient (Wildman–Crippen LogP) is 0.909. The molecule has 2 heterocycles. The van der Waals surface area contributed by atoms with Crippen LogP contribution in [-0.2, 0) is 6.61 Å². The van der Waals surface area contributed by atoms with Gasteiger partial charge in [-0.15, -0.1) is 0 Å². The van der Waals surface area contributed by atoms with Crippen LogP contribution < -0.4 is 0 Å². The number of aromatic nitrogens is 4. The van der Waals surface area contributed by atoms with E-state index < -0.39 is 0 Å². The number of aliphatic hydroxyl groups excluding tert-OH is 1. The van der Waals surface area contributed by atoms with Crippen molar-refractivity contribution in [2.45, 2.75) is 20.5 Å². The van der Waals surface area contributed by atoms with Crippen molar-refractivity contribution in [2.24, 2.45) is 0 Å². The maximum Gasteiger partial charge on any atom is 0.174 e. The molecule has 0 bridgehead atoms. The van der Waals surface area contributed by atoms with Gasteiger partial charge in [0.25, 0.3) is 0 Å². The van der Waals surface area contributed by atoms with E-state index in [1.165, 1.54) is 0 Å². The molecular formula is C9H12N4O. The monoisotopic (exact) mass is 192 g/mol. The number of hydrogen-bond donors (Lipinski definition) is 3. The van der Waals surface area contributed by atoms with E-state index in [2.05, 4.69) is 19.9 Å². The lowest BCUT2D eigenvalue weighted by Crippen LogP contribution is -1.86. The fourth-order valence-electron chi connectivity index (χ4n) is 1.30. The average Bonchev–Trinajstić information content (AvgIpc) is 2.71. The number of imidazole rings is 2. The zero-order valence-corrected chi connectivity index (χ0v) is 8.13. The Morgan fingerprint density at radius 1 is 1.29 bits per heavy atom. The topological polar surface area (TPSA) is 77.6 Å². The highest BCUT2D eigenvalue weighted by Crippen LogP contribution is 2.14. The van der Waals surface area contributed by atoms with Crippen LogP contribution in [0, 0.1) is 13.8 Å². The lowest BCUT2D eigenvalue weighted by molar-refractivity contribution is 0.276.